The first kappa shape index (κ1) is 12.6. The summed E-state index contributed by atoms with van der Waals surface area (Å²) in [5.41, 5.74) is 0. The van der Waals surface area contributed by atoms with Crippen molar-refractivity contribution in [2.24, 2.45) is 0 Å². The van der Waals surface area contributed by atoms with Crippen molar-refractivity contribution in [3.8, 4) is 0 Å². The minimum Gasteiger partial charge on any atom is -0.382 e. The molecule has 1 N–H and O–H groups in total. The van der Waals surface area contributed by atoms with E-state index >= 15 is 0 Å². The predicted octanol–water partition coefficient (Wildman–Crippen LogP) is 0.928. The topological polar surface area (TPSA) is 47.9 Å². The van der Waals surface area contributed by atoms with Crippen LogP contribution in [0.1, 0.15) is 19.8 Å². The molecule has 7 heteroatoms. The van der Waals surface area contributed by atoms with E-state index in [1.165, 1.54) is 7.11 Å². The lowest BCUT2D eigenvalue weighted by molar-refractivity contribution is 0.0334. The summed E-state index contributed by atoms with van der Waals surface area (Å²) in [4.78, 5) is 9.47. The fraction of sp³-hybridized carbons (Fsp3) is 1.00. The standard InChI is InChI=1S/C7H14BO4PS/c1-3-5-6(4-7(8)11-5)12-13(9,14)10-2/h5-7H,3-4H2,1-2H3,(H,9,14)/t5-,6-,7-,13?/m1/s1. The van der Waals surface area contributed by atoms with E-state index in [9.17, 15) is 4.89 Å². The Hall–Kier alpha value is 0.555. The molecule has 0 aromatic carbocycles. The summed E-state index contributed by atoms with van der Waals surface area (Å²) in [6.07, 6.45) is 0.957. The molecule has 0 saturated carbocycles. The molecule has 4 nitrogen and oxygen atoms in total. The largest absolute Gasteiger partial charge is 0.382 e. The molecule has 1 aliphatic heterocycles. The van der Waals surface area contributed by atoms with E-state index in [0.717, 1.165) is 6.42 Å². The molecule has 1 unspecified atom stereocenters. The molecule has 0 aromatic heterocycles. The van der Waals surface area contributed by atoms with E-state index in [4.69, 9.17) is 33.4 Å². The van der Waals surface area contributed by atoms with E-state index in [0.29, 0.717) is 6.42 Å². The third-order valence-electron chi connectivity index (χ3n) is 2.13. The molecule has 2 radical (unpaired) electrons. The van der Waals surface area contributed by atoms with Gasteiger partial charge in [-0.3, -0.25) is 0 Å². The minimum atomic E-state index is -3.10. The first-order valence-corrected chi connectivity index (χ1v) is 7.05. The van der Waals surface area contributed by atoms with Crippen LogP contribution in [0.3, 0.4) is 0 Å². The summed E-state index contributed by atoms with van der Waals surface area (Å²) in [6.45, 7) is -1.14. The highest BCUT2D eigenvalue weighted by atomic mass is 32.5. The Morgan fingerprint density at radius 1 is 1.71 bits per heavy atom. The highest BCUT2D eigenvalue weighted by Gasteiger charge is 2.35. The first-order chi connectivity index (χ1) is 6.48. The van der Waals surface area contributed by atoms with E-state index in [2.05, 4.69) is 0 Å². The van der Waals surface area contributed by atoms with Crippen LogP contribution in [0.25, 0.3) is 0 Å². The molecule has 0 amide bonds. The van der Waals surface area contributed by atoms with Crippen LogP contribution in [0.2, 0.25) is 0 Å². The molecule has 1 aliphatic rings. The zero-order chi connectivity index (χ0) is 10.8. The summed E-state index contributed by atoms with van der Waals surface area (Å²) in [5.74, 6) is 0. The van der Waals surface area contributed by atoms with Gasteiger partial charge in [0.05, 0.1) is 12.2 Å². The summed E-state index contributed by atoms with van der Waals surface area (Å²) >= 11 is 4.75. The van der Waals surface area contributed by atoms with Gasteiger partial charge >= 0.3 is 6.72 Å². The van der Waals surface area contributed by atoms with Gasteiger partial charge in [-0.25, -0.2) is 0 Å². The van der Waals surface area contributed by atoms with Crippen LogP contribution in [-0.4, -0.2) is 38.1 Å². The van der Waals surface area contributed by atoms with Crippen molar-refractivity contribution in [3.05, 3.63) is 0 Å². The summed E-state index contributed by atoms with van der Waals surface area (Å²) < 4.78 is 15.3. The number of hydrogen-bond donors (Lipinski definition) is 1. The lowest BCUT2D eigenvalue weighted by atomic mass is 9.96. The third-order valence-corrected chi connectivity index (χ3v) is 3.83. The fourth-order valence-electron chi connectivity index (χ4n) is 1.43. The zero-order valence-electron chi connectivity index (χ0n) is 8.25. The maximum Gasteiger partial charge on any atom is 0.324 e. The lowest BCUT2D eigenvalue weighted by Gasteiger charge is -2.21. The SMILES string of the molecule is [B][C@H]1C[C@@H](OP(O)(=S)OC)[C@@H](CC)O1. The Morgan fingerprint density at radius 3 is 2.86 bits per heavy atom. The molecule has 80 valence electrons. The molecular weight excluding hydrogens is 222 g/mol. The van der Waals surface area contributed by atoms with Gasteiger partial charge in [-0.15, -0.1) is 0 Å². The quantitative estimate of drug-likeness (QED) is 0.581. The molecule has 0 aromatic rings. The number of ether oxygens (including phenoxy) is 1. The minimum absolute atomic E-state index is 0.102. The lowest BCUT2D eigenvalue weighted by Crippen LogP contribution is -2.22. The average molecular weight is 236 g/mol. The van der Waals surface area contributed by atoms with Crippen LogP contribution in [0, 0.1) is 0 Å². The maximum absolute atomic E-state index is 9.47. The summed E-state index contributed by atoms with van der Waals surface area (Å²) in [7, 11) is 6.94. The van der Waals surface area contributed by atoms with Crippen molar-refractivity contribution < 1.29 is 18.7 Å². The smallest absolute Gasteiger partial charge is 0.324 e. The van der Waals surface area contributed by atoms with Gasteiger partial charge in [0, 0.05) is 13.1 Å². The second kappa shape index (κ2) is 5.06. The molecule has 1 rings (SSSR count). The van der Waals surface area contributed by atoms with Gasteiger partial charge in [0.15, 0.2) is 0 Å². The third kappa shape index (κ3) is 3.30. The van der Waals surface area contributed by atoms with E-state index in [1.54, 1.807) is 0 Å². The van der Waals surface area contributed by atoms with Gasteiger partial charge in [0.2, 0.25) is 0 Å². The van der Waals surface area contributed by atoms with E-state index < -0.39 is 6.72 Å². The van der Waals surface area contributed by atoms with Crippen LogP contribution < -0.4 is 0 Å². The molecule has 0 spiro atoms. The maximum atomic E-state index is 9.47. The van der Waals surface area contributed by atoms with Gasteiger partial charge in [-0.1, -0.05) is 6.92 Å². The second-order valence-corrected chi connectivity index (χ2v) is 6.05. The Morgan fingerprint density at radius 2 is 2.36 bits per heavy atom. The van der Waals surface area contributed by atoms with Crippen LogP contribution >= 0.6 is 6.72 Å². The van der Waals surface area contributed by atoms with Crippen molar-refractivity contribution >= 4 is 26.4 Å². The summed E-state index contributed by atoms with van der Waals surface area (Å²) in [5, 5.41) is 0. The zero-order valence-corrected chi connectivity index (χ0v) is 9.96. The molecule has 0 aliphatic carbocycles. The van der Waals surface area contributed by atoms with Gasteiger partial charge in [-0.05, 0) is 24.6 Å². The number of hydrogen-bond acceptors (Lipinski definition) is 4. The van der Waals surface area contributed by atoms with Crippen molar-refractivity contribution in [2.45, 2.75) is 38.0 Å². The molecule has 1 saturated heterocycles. The van der Waals surface area contributed by atoms with Crippen molar-refractivity contribution in [2.75, 3.05) is 7.11 Å². The Labute approximate surface area is 90.6 Å². The highest BCUT2D eigenvalue weighted by Crippen LogP contribution is 2.46. The molecule has 4 atom stereocenters. The van der Waals surface area contributed by atoms with Gasteiger partial charge in [0.25, 0.3) is 0 Å². The van der Waals surface area contributed by atoms with Crippen molar-refractivity contribution in [1.29, 1.82) is 0 Å². The van der Waals surface area contributed by atoms with Crippen molar-refractivity contribution in [3.63, 3.8) is 0 Å². The Balaban J connectivity index is 2.55. The molecule has 0 bridgehead atoms. The highest BCUT2D eigenvalue weighted by molar-refractivity contribution is 8.07. The molecule has 1 fully saturated rings. The van der Waals surface area contributed by atoms with Crippen LogP contribution in [0.15, 0.2) is 0 Å². The van der Waals surface area contributed by atoms with Gasteiger partial charge < -0.3 is 18.7 Å². The van der Waals surface area contributed by atoms with E-state index in [-0.39, 0.29) is 18.2 Å². The van der Waals surface area contributed by atoms with Crippen LogP contribution in [0.5, 0.6) is 0 Å². The monoisotopic (exact) mass is 236 g/mol. The first-order valence-electron chi connectivity index (χ1n) is 4.46. The van der Waals surface area contributed by atoms with Crippen LogP contribution in [-0.2, 0) is 25.6 Å². The van der Waals surface area contributed by atoms with E-state index in [1.807, 2.05) is 6.92 Å². The Bertz CT molecular complexity index is 240. The van der Waals surface area contributed by atoms with Gasteiger partial charge in [-0.2, -0.15) is 0 Å². The molecule has 14 heavy (non-hydrogen) atoms. The predicted molar refractivity (Wildman–Crippen MR) is 57.7 cm³/mol. The average Bonchev–Trinajstić information content (AvgIpc) is 2.45. The fourth-order valence-corrected chi connectivity index (χ4v) is 2.41. The number of rotatable bonds is 4. The van der Waals surface area contributed by atoms with Crippen LogP contribution in [0.4, 0.5) is 0 Å². The molecular formula is C7H14BO4PS. The van der Waals surface area contributed by atoms with Crippen molar-refractivity contribution in [1.82, 2.24) is 0 Å². The molecule has 1 heterocycles. The summed E-state index contributed by atoms with van der Waals surface area (Å²) in [6, 6.07) is -0.336. The van der Waals surface area contributed by atoms with Gasteiger partial charge in [0.1, 0.15) is 7.85 Å². The Kier molecular flexibility index (Phi) is 4.56. The second-order valence-electron chi connectivity index (χ2n) is 3.15. The normalized spacial score (nSPS) is 36.9.